The Labute approximate surface area is 378 Å². The summed E-state index contributed by atoms with van der Waals surface area (Å²) >= 11 is 0. The quantitative estimate of drug-likeness (QED) is 0.107. The summed E-state index contributed by atoms with van der Waals surface area (Å²) in [6, 6.07) is 23.3. The van der Waals surface area contributed by atoms with Crippen LogP contribution in [0.4, 0.5) is 15.3 Å². The normalized spacial score (nSPS) is 18.9. The minimum atomic E-state index is -4.13. The van der Waals surface area contributed by atoms with Crippen LogP contribution >= 0.6 is 0 Å². The molecule has 4 aromatic carbocycles. The molecule has 1 aromatic heterocycles. The monoisotopic (exact) mass is 902 g/mol. The maximum atomic E-state index is 14.3. The summed E-state index contributed by atoms with van der Waals surface area (Å²) in [5, 5.41) is 10.6. The van der Waals surface area contributed by atoms with E-state index in [4.69, 9.17) is 14.5 Å². The SMILES string of the molecule is COC(=O)N[C@H](C(=O)N1CCC[C@H]1c1ncc(-c2ccc3cc(-c4ccc5c(c4)NC([C@@H]4CCCN4C(=O)[C@H](NC(=O)OC(C)(C)C)c4ccccc4)=NS5(=O)=O)ccc3c2)[nH]1)C(C)C. The van der Waals surface area contributed by atoms with Crippen LogP contribution in [0, 0.1) is 5.92 Å². The van der Waals surface area contributed by atoms with E-state index >= 15 is 0 Å². The van der Waals surface area contributed by atoms with Gasteiger partial charge in [0.15, 0.2) is 0 Å². The third-order valence-corrected chi connectivity index (χ3v) is 13.3. The number of imidazole rings is 1. The van der Waals surface area contributed by atoms with Crippen molar-refractivity contribution in [3.05, 3.63) is 103 Å². The summed E-state index contributed by atoms with van der Waals surface area (Å²) in [4.78, 5) is 64.5. The average Bonchev–Trinajstić information content (AvgIpc) is 4.08. The molecule has 5 aromatic rings. The Morgan fingerprint density at radius 3 is 2.09 bits per heavy atom. The average molecular weight is 903 g/mol. The van der Waals surface area contributed by atoms with Gasteiger partial charge in [-0.2, -0.15) is 8.42 Å². The van der Waals surface area contributed by atoms with E-state index in [9.17, 15) is 27.6 Å². The van der Waals surface area contributed by atoms with E-state index in [1.807, 2.05) is 50.2 Å². The second-order valence-electron chi connectivity index (χ2n) is 18.0. The number of hydrogen-bond donors (Lipinski definition) is 4. The molecule has 65 heavy (non-hydrogen) atoms. The Balaban J connectivity index is 0.998. The lowest BCUT2D eigenvalue weighted by Gasteiger charge is -2.32. The summed E-state index contributed by atoms with van der Waals surface area (Å²) in [6.07, 6.45) is 3.00. The van der Waals surface area contributed by atoms with Crippen molar-refractivity contribution in [2.45, 2.75) is 95.0 Å². The van der Waals surface area contributed by atoms with Gasteiger partial charge in [-0.05, 0) is 104 Å². The predicted molar refractivity (Wildman–Crippen MR) is 246 cm³/mol. The Morgan fingerprint density at radius 2 is 1.42 bits per heavy atom. The minimum Gasteiger partial charge on any atom is -0.453 e. The lowest BCUT2D eigenvalue weighted by Crippen LogP contribution is -2.51. The number of nitrogens with zero attached hydrogens (tertiary/aromatic N) is 4. The highest BCUT2D eigenvalue weighted by Crippen LogP contribution is 2.37. The van der Waals surface area contributed by atoms with Crippen LogP contribution in [0.3, 0.4) is 0 Å². The summed E-state index contributed by atoms with van der Waals surface area (Å²) in [5.74, 6) is 0.0986. The van der Waals surface area contributed by atoms with Gasteiger partial charge in [-0.3, -0.25) is 9.59 Å². The summed E-state index contributed by atoms with van der Waals surface area (Å²) < 4.78 is 41.8. The molecule has 3 aliphatic rings. The first kappa shape index (κ1) is 44.8. The standard InChI is InChI=1S/C48H54N8O8S/c1-28(2)40(52-46(59)63-6)44(57)55-22-10-14-37(55)42-49-27-36(51-42)34-19-18-30-24-31(16-17-32(30)25-34)33-20-21-39-35(26-33)50-43(54-65(39,61)62)38-15-11-23-56(38)45(58)41(29-12-8-7-9-13-29)53-47(60)64-48(3,4)5/h7-9,12-13,16-21,24-28,37-38,40-41H,10-11,14-15,22-23H2,1-6H3,(H,49,51)(H,50,54)(H,52,59)(H,53,60)/t37-,38-,40-,41+/m0/s1. The van der Waals surface area contributed by atoms with Crippen LogP contribution in [-0.4, -0.2) is 95.9 Å². The largest absolute Gasteiger partial charge is 0.453 e. The highest BCUT2D eigenvalue weighted by molar-refractivity contribution is 7.90. The van der Waals surface area contributed by atoms with Crippen molar-refractivity contribution in [3.63, 3.8) is 0 Å². The molecule has 17 heteroatoms. The number of nitrogens with one attached hydrogen (secondary N) is 4. The van der Waals surface area contributed by atoms with Crippen molar-refractivity contribution in [1.82, 2.24) is 30.4 Å². The number of likely N-dealkylation sites (tertiary alicyclic amines) is 2. The zero-order valence-electron chi connectivity index (χ0n) is 37.3. The van der Waals surface area contributed by atoms with Crippen LogP contribution in [0.2, 0.25) is 0 Å². The van der Waals surface area contributed by atoms with E-state index in [1.54, 1.807) is 79.2 Å². The first-order valence-electron chi connectivity index (χ1n) is 21.8. The van der Waals surface area contributed by atoms with E-state index in [1.165, 1.54) is 7.11 Å². The number of benzene rings is 4. The smallest absolute Gasteiger partial charge is 0.408 e. The number of aromatic nitrogens is 2. The Kier molecular flexibility index (Phi) is 12.4. The summed E-state index contributed by atoms with van der Waals surface area (Å²) in [6.45, 7) is 9.88. The molecular weight excluding hydrogens is 849 g/mol. The predicted octanol–water partition coefficient (Wildman–Crippen LogP) is 7.71. The fourth-order valence-electron chi connectivity index (χ4n) is 8.79. The molecule has 8 rings (SSSR count). The number of alkyl carbamates (subject to hydrolysis) is 2. The number of methoxy groups -OCH3 is 1. The first-order chi connectivity index (χ1) is 31.0. The number of sulfonamides is 1. The number of ether oxygens (including phenoxy) is 2. The number of carbonyl (C=O) groups is 4. The van der Waals surface area contributed by atoms with Crippen LogP contribution in [0.5, 0.6) is 0 Å². The van der Waals surface area contributed by atoms with Crippen LogP contribution < -0.4 is 16.0 Å². The Hall–Kier alpha value is -6.75. The molecule has 2 saturated heterocycles. The van der Waals surface area contributed by atoms with E-state index < -0.39 is 51.8 Å². The molecule has 0 aliphatic carbocycles. The maximum absolute atomic E-state index is 14.3. The molecule has 2 fully saturated rings. The lowest BCUT2D eigenvalue weighted by atomic mass is 9.99. The van der Waals surface area contributed by atoms with Gasteiger partial charge in [0.1, 0.15) is 34.2 Å². The van der Waals surface area contributed by atoms with Gasteiger partial charge in [0.2, 0.25) is 5.91 Å². The highest BCUT2D eigenvalue weighted by atomic mass is 32.2. The van der Waals surface area contributed by atoms with Gasteiger partial charge in [-0.25, -0.2) is 14.6 Å². The van der Waals surface area contributed by atoms with Gasteiger partial charge in [-0.1, -0.05) is 74.5 Å². The number of fused-ring (bicyclic) bond motifs is 2. The third-order valence-electron chi connectivity index (χ3n) is 12.0. The van der Waals surface area contributed by atoms with Crippen molar-refractivity contribution in [1.29, 1.82) is 0 Å². The maximum Gasteiger partial charge on any atom is 0.408 e. The number of rotatable bonds is 10. The molecular formula is C48H54N8O8S. The molecule has 340 valence electrons. The number of carbonyl (C=O) groups excluding carboxylic acids is 4. The number of anilines is 1. The molecule has 3 aliphatic heterocycles. The van der Waals surface area contributed by atoms with Gasteiger partial charge in [0.25, 0.3) is 15.9 Å². The van der Waals surface area contributed by atoms with Crippen molar-refractivity contribution < 1.29 is 37.1 Å². The third kappa shape index (κ3) is 9.55. The van der Waals surface area contributed by atoms with E-state index in [0.717, 1.165) is 46.0 Å². The summed E-state index contributed by atoms with van der Waals surface area (Å²) in [5.41, 5.74) is 3.48. The molecule has 0 unspecified atom stereocenters. The molecule has 0 saturated carbocycles. The van der Waals surface area contributed by atoms with E-state index in [2.05, 4.69) is 31.4 Å². The van der Waals surface area contributed by atoms with Crippen LogP contribution in [-0.2, 0) is 29.1 Å². The lowest BCUT2D eigenvalue weighted by molar-refractivity contribution is -0.135. The molecule has 0 spiro atoms. The van der Waals surface area contributed by atoms with Gasteiger partial charge in [0.05, 0.1) is 36.8 Å². The molecule has 4 N–H and O–H groups in total. The first-order valence-corrected chi connectivity index (χ1v) is 23.3. The highest BCUT2D eigenvalue weighted by Gasteiger charge is 2.41. The second-order valence-corrected chi connectivity index (χ2v) is 19.5. The van der Waals surface area contributed by atoms with E-state index in [0.29, 0.717) is 43.0 Å². The van der Waals surface area contributed by atoms with Crippen LogP contribution in [0.15, 0.2) is 100 Å². The van der Waals surface area contributed by atoms with Crippen LogP contribution in [0.1, 0.15) is 83.8 Å². The number of hydrogen-bond acceptors (Lipinski definition) is 10. The fourth-order valence-corrected chi connectivity index (χ4v) is 9.95. The van der Waals surface area contributed by atoms with Gasteiger partial charge in [-0.15, -0.1) is 4.40 Å². The zero-order chi connectivity index (χ0) is 46.2. The second kappa shape index (κ2) is 18.0. The van der Waals surface area contributed by atoms with Gasteiger partial charge >= 0.3 is 12.2 Å². The topological polar surface area (TPSA) is 204 Å². The van der Waals surface area contributed by atoms with Crippen molar-refractivity contribution in [2.24, 2.45) is 10.3 Å². The number of aromatic amines is 1. The summed E-state index contributed by atoms with van der Waals surface area (Å²) in [7, 11) is -2.85. The molecule has 4 amide bonds. The van der Waals surface area contributed by atoms with Crippen molar-refractivity contribution >= 4 is 56.3 Å². The fraction of sp³-hybridized carbons (Fsp3) is 0.375. The number of H-pyrrole nitrogens is 1. The Bertz CT molecular complexity index is 2780. The van der Waals surface area contributed by atoms with E-state index in [-0.39, 0.29) is 28.6 Å². The van der Waals surface area contributed by atoms with Crippen molar-refractivity contribution in [3.8, 4) is 22.4 Å². The zero-order valence-corrected chi connectivity index (χ0v) is 38.1. The molecule has 4 atom stereocenters. The van der Waals surface area contributed by atoms with Crippen molar-refractivity contribution in [2.75, 3.05) is 25.5 Å². The number of amides is 4. The molecule has 4 heterocycles. The minimum absolute atomic E-state index is 0.0293. The van der Waals surface area contributed by atoms with Crippen LogP contribution in [0.25, 0.3) is 33.2 Å². The molecule has 0 radical (unpaired) electrons. The molecule has 16 nitrogen and oxygen atoms in total. The van der Waals surface area contributed by atoms with Gasteiger partial charge in [0, 0.05) is 18.7 Å². The molecule has 0 bridgehead atoms. The Morgan fingerprint density at radius 1 is 0.785 bits per heavy atom. The number of amidine groups is 1. The van der Waals surface area contributed by atoms with Gasteiger partial charge < -0.3 is 40.2 Å².